The van der Waals surface area contributed by atoms with Crippen LogP contribution in [0.1, 0.15) is 43.4 Å². The molecule has 2 heterocycles. The maximum absolute atomic E-state index is 12.0. The summed E-state index contributed by atoms with van der Waals surface area (Å²) in [5.74, 6) is 1.04. The smallest absolute Gasteiger partial charge is 0.410 e. The summed E-state index contributed by atoms with van der Waals surface area (Å²) >= 11 is 0. The number of carbonyl (C=O) groups excluding carboxylic acids is 1. The zero-order valence-electron chi connectivity index (χ0n) is 15.3. The van der Waals surface area contributed by atoms with Crippen LogP contribution in [0.4, 0.5) is 4.79 Å². The molecule has 136 valence electrons. The van der Waals surface area contributed by atoms with E-state index in [1.807, 2.05) is 11.8 Å². The SMILES string of the molecule is CCOc1cc2c(cc1CN1CCN3C(=O)OCC3(CC)C1)CCC2. The Kier molecular flexibility index (Phi) is 4.36. The van der Waals surface area contributed by atoms with E-state index >= 15 is 0 Å². The highest BCUT2D eigenvalue weighted by molar-refractivity contribution is 5.71. The van der Waals surface area contributed by atoms with Gasteiger partial charge in [-0.2, -0.15) is 0 Å². The summed E-state index contributed by atoms with van der Waals surface area (Å²) in [5, 5.41) is 0. The van der Waals surface area contributed by atoms with Crippen molar-refractivity contribution in [3.05, 3.63) is 28.8 Å². The van der Waals surface area contributed by atoms with Crippen LogP contribution in [0.5, 0.6) is 5.75 Å². The number of cyclic esters (lactones) is 1. The third-order valence-electron chi connectivity index (χ3n) is 6.04. The van der Waals surface area contributed by atoms with Gasteiger partial charge >= 0.3 is 6.09 Å². The number of benzene rings is 1. The molecule has 25 heavy (non-hydrogen) atoms. The lowest BCUT2D eigenvalue weighted by Crippen LogP contribution is -2.60. The molecule has 3 aliphatic rings. The van der Waals surface area contributed by atoms with Crippen molar-refractivity contribution in [3.8, 4) is 5.75 Å². The molecule has 1 aromatic rings. The Morgan fingerprint density at radius 3 is 2.76 bits per heavy atom. The summed E-state index contributed by atoms with van der Waals surface area (Å²) in [4.78, 5) is 16.4. The van der Waals surface area contributed by atoms with Crippen LogP contribution >= 0.6 is 0 Å². The number of hydrogen-bond acceptors (Lipinski definition) is 4. The van der Waals surface area contributed by atoms with Crippen molar-refractivity contribution in [1.29, 1.82) is 0 Å². The summed E-state index contributed by atoms with van der Waals surface area (Å²) in [7, 11) is 0. The molecule has 1 atom stereocenters. The largest absolute Gasteiger partial charge is 0.494 e. The van der Waals surface area contributed by atoms with Crippen LogP contribution in [0, 0.1) is 0 Å². The fourth-order valence-corrected chi connectivity index (χ4v) is 4.59. The van der Waals surface area contributed by atoms with E-state index in [1.54, 1.807) is 0 Å². The van der Waals surface area contributed by atoms with Gasteiger partial charge in [0.15, 0.2) is 0 Å². The fourth-order valence-electron chi connectivity index (χ4n) is 4.59. The Morgan fingerprint density at radius 1 is 1.20 bits per heavy atom. The Bertz CT molecular complexity index is 675. The number of aryl methyl sites for hydroxylation is 2. The van der Waals surface area contributed by atoms with E-state index in [1.165, 1.54) is 36.0 Å². The number of hydrogen-bond donors (Lipinski definition) is 0. The van der Waals surface area contributed by atoms with Gasteiger partial charge in [0, 0.05) is 31.7 Å². The van der Waals surface area contributed by atoms with Crippen LogP contribution in [0.2, 0.25) is 0 Å². The van der Waals surface area contributed by atoms with Gasteiger partial charge in [-0.05, 0) is 49.8 Å². The van der Waals surface area contributed by atoms with Crippen LogP contribution < -0.4 is 4.74 Å². The molecule has 1 aliphatic carbocycles. The standard InChI is InChI=1S/C20H28N2O3/c1-3-20-13-21(8-9-22(20)19(23)25-14-20)12-17-10-15-6-5-7-16(15)11-18(17)24-4-2/h10-11H,3-9,12-14H2,1-2H3. The van der Waals surface area contributed by atoms with Crippen molar-refractivity contribution in [3.63, 3.8) is 0 Å². The van der Waals surface area contributed by atoms with Gasteiger partial charge in [-0.3, -0.25) is 9.80 Å². The quantitative estimate of drug-likeness (QED) is 0.823. The zero-order valence-corrected chi connectivity index (χ0v) is 15.3. The van der Waals surface area contributed by atoms with Gasteiger partial charge < -0.3 is 9.47 Å². The van der Waals surface area contributed by atoms with Crippen molar-refractivity contribution in [2.75, 3.05) is 32.8 Å². The van der Waals surface area contributed by atoms with Gasteiger partial charge in [0.05, 0.1) is 12.1 Å². The second kappa shape index (κ2) is 6.52. The number of ether oxygens (including phenoxy) is 2. The molecule has 0 N–H and O–H groups in total. The third-order valence-corrected chi connectivity index (χ3v) is 6.04. The van der Waals surface area contributed by atoms with E-state index in [-0.39, 0.29) is 11.6 Å². The van der Waals surface area contributed by atoms with Gasteiger partial charge in [0.2, 0.25) is 0 Å². The molecule has 2 saturated heterocycles. The minimum absolute atomic E-state index is 0.144. The zero-order chi connectivity index (χ0) is 17.4. The minimum atomic E-state index is -0.155. The number of fused-ring (bicyclic) bond motifs is 2. The predicted octanol–water partition coefficient (Wildman–Crippen LogP) is 2.99. The van der Waals surface area contributed by atoms with E-state index in [2.05, 4.69) is 24.0 Å². The molecular formula is C20H28N2O3. The lowest BCUT2D eigenvalue weighted by atomic mass is 9.92. The van der Waals surface area contributed by atoms with Crippen molar-refractivity contribution in [2.45, 2.75) is 51.6 Å². The monoisotopic (exact) mass is 344 g/mol. The van der Waals surface area contributed by atoms with Gasteiger partial charge in [0.25, 0.3) is 0 Å². The molecule has 5 nitrogen and oxygen atoms in total. The topological polar surface area (TPSA) is 42.0 Å². The first-order valence-electron chi connectivity index (χ1n) is 9.59. The molecule has 1 aromatic carbocycles. The summed E-state index contributed by atoms with van der Waals surface area (Å²) in [6.45, 7) is 8.80. The molecule has 4 rings (SSSR count). The van der Waals surface area contributed by atoms with E-state index < -0.39 is 0 Å². The van der Waals surface area contributed by atoms with Crippen molar-refractivity contribution in [2.24, 2.45) is 0 Å². The van der Waals surface area contributed by atoms with Gasteiger partial charge in [0.1, 0.15) is 12.4 Å². The van der Waals surface area contributed by atoms with Gasteiger partial charge in [-0.15, -0.1) is 0 Å². The Labute approximate surface area is 149 Å². The van der Waals surface area contributed by atoms with E-state index in [0.717, 1.165) is 38.3 Å². The summed E-state index contributed by atoms with van der Waals surface area (Å²) in [5.41, 5.74) is 4.07. The Morgan fingerprint density at radius 2 is 2.00 bits per heavy atom. The average molecular weight is 344 g/mol. The Hall–Kier alpha value is -1.75. The number of carbonyl (C=O) groups is 1. The first kappa shape index (κ1) is 16.7. The molecule has 1 unspecified atom stereocenters. The number of amides is 1. The molecular weight excluding hydrogens is 316 g/mol. The molecule has 0 radical (unpaired) electrons. The van der Waals surface area contributed by atoms with E-state index in [0.29, 0.717) is 13.2 Å². The van der Waals surface area contributed by atoms with Crippen LogP contribution in [0.15, 0.2) is 12.1 Å². The maximum Gasteiger partial charge on any atom is 0.410 e. The van der Waals surface area contributed by atoms with Crippen molar-refractivity contribution < 1.29 is 14.3 Å². The molecule has 2 fully saturated rings. The van der Waals surface area contributed by atoms with Crippen LogP contribution in [0.25, 0.3) is 0 Å². The number of rotatable bonds is 5. The number of nitrogens with zero attached hydrogens (tertiary/aromatic N) is 2. The Balaban J connectivity index is 1.55. The molecule has 0 spiro atoms. The summed E-state index contributed by atoms with van der Waals surface area (Å²) in [6.07, 6.45) is 4.39. The van der Waals surface area contributed by atoms with Crippen LogP contribution in [-0.2, 0) is 24.1 Å². The minimum Gasteiger partial charge on any atom is -0.494 e. The molecule has 0 aromatic heterocycles. The highest BCUT2D eigenvalue weighted by Gasteiger charge is 2.49. The lowest BCUT2D eigenvalue weighted by molar-refractivity contribution is 0.0445. The molecule has 0 saturated carbocycles. The molecule has 1 amide bonds. The predicted molar refractivity (Wildman–Crippen MR) is 96.0 cm³/mol. The van der Waals surface area contributed by atoms with Gasteiger partial charge in [-0.1, -0.05) is 13.0 Å². The summed E-state index contributed by atoms with van der Waals surface area (Å²) in [6, 6.07) is 4.61. The summed E-state index contributed by atoms with van der Waals surface area (Å²) < 4.78 is 11.3. The maximum atomic E-state index is 12.0. The highest BCUT2D eigenvalue weighted by Crippen LogP contribution is 2.35. The number of piperazine rings is 1. The van der Waals surface area contributed by atoms with Crippen LogP contribution in [-0.4, -0.2) is 54.3 Å². The van der Waals surface area contributed by atoms with E-state index in [9.17, 15) is 4.79 Å². The normalized spacial score (nSPS) is 25.7. The molecule has 5 heteroatoms. The van der Waals surface area contributed by atoms with Crippen molar-refractivity contribution in [1.82, 2.24) is 9.80 Å². The van der Waals surface area contributed by atoms with Crippen molar-refractivity contribution >= 4 is 6.09 Å². The van der Waals surface area contributed by atoms with Crippen LogP contribution in [0.3, 0.4) is 0 Å². The second-order valence-corrected chi connectivity index (χ2v) is 7.51. The second-order valence-electron chi connectivity index (χ2n) is 7.51. The lowest BCUT2D eigenvalue weighted by Gasteiger charge is -2.44. The fraction of sp³-hybridized carbons (Fsp3) is 0.650. The highest BCUT2D eigenvalue weighted by atomic mass is 16.6. The first-order valence-corrected chi connectivity index (χ1v) is 9.59. The molecule has 2 aliphatic heterocycles. The molecule has 0 bridgehead atoms. The first-order chi connectivity index (χ1) is 12.1. The third kappa shape index (κ3) is 2.88. The van der Waals surface area contributed by atoms with E-state index in [4.69, 9.17) is 9.47 Å². The van der Waals surface area contributed by atoms with Gasteiger partial charge in [-0.25, -0.2) is 4.79 Å². The average Bonchev–Trinajstić information content (AvgIpc) is 3.20.